The van der Waals surface area contributed by atoms with Crippen molar-refractivity contribution in [2.75, 3.05) is 17.6 Å². The van der Waals surface area contributed by atoms with Crippen molar-refractivity contribution in [1.82, 2.24) is 4.98 Å². The zero-order chi connectivity index (χ0) is 10.8. The van der Waals surface area contributed by atoms with Crippen molar-refractivity contribution in [2.24, 2.45) is 5.41 Å². The molecule has 0 radical (unpaired) electrons. The fraction of sp³-hybridized carbons (Fsp3) is 0.500. The van der Waals surface area contributed by atoms with Gasteiger partial charge in [0.1, 0.15) is 5.15 Å². The molecule has 0 aromatic carbocycles. The molecule has 3 N–H and O–H groups in total. The Morgan fingerprint density at radius 2 is 2.07 bits per heavy atom. The quantitative estimate of drug-likeness (QED) is 0.743. The van der Waals surface area contributed by atoms with E-state index in [2.05, 4.69) is 31.1 Å². The molecule has 1 rings (SSSR count). The third kappa shape index (κ3) is 3.42. The predicted molar refractivity (Wildman–Crippen MR) is 61.6 cm³/mol. The van der Waals surface area contributed by atoms with Crippen molar-refractivity contribution in [2.45, 2.75) is 20.8 Å². The fourth-order valence-corrected chi connectivity index (χ4v) is 1.08. The summed E-state index contributed by atoms with van der Waals surface area (Å²) in [5.74, 6) is 0.660. The lowest BCUT2D eigenvalue weighted by Crippen LogP contribution is -2.20. The number of nitrogens with one attached hydrogen (secondary N) is 1. The Bertz CT molecular complexity index is 318. The summed E-state index contributed by atoms with van der Waals surface area (Å²) in [6.07, 6.45) is 0. The minimum absolute atomic E-state index is 0.191. The highest BCUT2D eigenvalue weighted by molar-refractivity contribution is 6.29. The lowest BCUT2D eigenvalue weighted by atomic mass is 9.97. The van der Waals surface area contributed by atoms with Gasteiger partial charge in [-0.1, -0.05) is 32.4 Å². The largest absolute Gasteiger partial charge is 0.396 e. The molecule has 0 amide bonds. The number of anilines is 2. The van der Waals surface area contributed by atoms with Gasteiger partial charge in [-0.25, -0.2) is 4.98 Å². The highest BCUT2D eigenvalue weighted by atomic mass is 35.5. The Morgan fingerprint density at radius 1 is 1.43 bits per heavy atom. The Balaban J connectivity index is 2.72. The van der Waals surface area contributed by atoms with Crippen LogP contribution in [0.25, 0.3) is 0 Å². The molecular weight excluding hydrogens is 198 g/mol. The van der Waals surface area contributed by atoms with Crippen LogP contribution in [0, 0.1) is 5.41 Å². The van der Waals surface area contributed by atoms with Gasteiger partial charge in [-0.3, -0.25) is 0 Å². The summed E-state index contributed by atoms with van der Waals surface area (Å²) < 4.78 is 0. The Hall–Kier alpha value is -0.960. The van der Waals surface area contributed by atoms with Crippen molar-refractivity contribution in [3.63, 3.8) is 0 Å². The zero-order valence-corrected chi connectivity index (χ0v) is 9.52. The first-order chi connectivity index (χ1) is 6.38. The van der Waals surface area contributed by atoms with Crippen molar-refractivity contribution in [3.8, 4) is 0 Å². The average Bonchev–Trinajstić information content (AvgIpc) is 2.05. The van der Waals surface area contributed by atoms with E-state index >= 15 is 0 Å². The highest BCUT2D eigenvalue weighted by Crippen LogP contribution is 2.20. The number of halogens is 1. The number of rotatable bonds is 2. The topological polar surface area (TPSA) is 50.9 Å². The molecule has 0 aliphatic heterocycles. The minimum Gasteiger partial charge on any atom is -0.396 e. The van der Waals surface area contributed by atoms with E-state index in [-0.39, 0.29) is 5.41 Å². The van der Waals surface area contributed by atoms with Crippen LogP contribution in [0.15, 0.2) is 12.1 Å². The summed E-state index contributed by atoms with van der Waals surface area (Å²) in [6.45, 7) is 7.23. The monoisotopic (exact) mass is 213 g/mol. The van der Waals surface area contributed by atoms with Gasteiger partial charge in [-0.05, 0) is 17.5 Å². The second-order valence-corrected chi connectivity index (χ2v) is 4.87. The molecule has 0 spiro atoms. The van der Waals surface area contributed by atoms with Gasteiger partial charge in [0.05, 0.1) is 5.69 Å². The van der Waals surface area contributed by atoms with E-state index in [9.17, 15) is 0 Å². The molecule has 1 heterocycles. The average molecular weight is 214 g/mol. The highest BCUT2D eigenvalue weighted by Gasteiger charge is 2.11. The van der Waals surface area contributed by atoms with Gasteiger partial charge in [0.2, 0.25) is 0 Å². The second kappa shape index (κ2) is 4.05. The molecule has 0 aliphatic carbocycles. The normalized spacial score (nSPS) is 11.4. The maximum absolute atomic E-state index is 5.76. The van der Waals surface area contributed by atoms with E-state index in [0.717, 1.165) is 6.54 Å². The van der Waals surface area contributed by atoms with Gasteiger partial charge in [0.25, 0.3) is 0 Å². The maximum Gasteiger partial charge on any atom is 0.150 e. The van der Waals surface area contributed by atoms with Gasteiger partial charge in [0, 0.05) is 6.54 Å². The summed E-state index contributed by atoms with van der Waals surface area (Å²) in [6, 6.07) is 3.43. The first-order valence-electron chi connectivity index (χ1n) is 4.54. The van der Waals surface area contributed by atoms with Gasteiger partial charge < -0.3 is 11.1 Å². The lowest BCUT2D eigenvalue weighted by Gasteiger charge is -2.19. The first-order valence-corrected chi connectivity index (χ1v) is 4.92. The summed E-state index contributed by atoms with van der Waals surface area (Å²) in [5, 5.41) is 3.63. The van der Waals surface area contributed by atoms with E-state index < -0.39 is 0 Å². The molecule has 0 atom stereocenters. The van der Waals surface area contributed by atoms with Crippen LogP contribution in [-0.2, 0) is 0 Å². The van der Waals surface area contributed by atoms with E-state index in [1.807, 2.05) is 0 Å². The van der Waals surface area contributed by atoms with Crippen LogP contribution in [0.2, 0.25) is 5.15 Å². The van der Waals surface area contributed by atoms with Gasteiger partial charge in [-0.15, -0.1) is 0 Å². The lowest BCUT2D eigenvalue weighted by molar-refractivity contribution is 0.442. The van der Waals surface area contributed by atoms with E-state index in [1.54, 1.807) is 12.1 Å². The minimum atomic E-state index is 0.191. The molecule has 1 aromatic rings. The SMILES string of the molecule is CC(C)(C)CNc1nc(Cl)ccc1N. The third-order valence-electron chi connectivity index (χ3n) is 1.68. The molecular formula is C10H16ClN3. The molecule has 0 saturated heterocycles. The Kier molecular flexibility index (Phi) is 3.21. The van der Waals surface area contributed by atoms with E-state index in [4.69, 9.17) is 17.3 Å². The second-order valence-electron chi connectivity index (χ2n) is 4.49. The summed E-state index contributed by atoms with van der Waals surface area (Å²) in [7, 11) is 0. The van der Waals surface area contributed by atoms with Crippen molar-refractivity contribution in [1.29, 1.82) is 0 Å². The summed E-state index contributed by atoms with van der Waals surface area (Å²) in [4.78, 5) is 4.11. The van der Waals surface area contributed by atoms with E-state index in [0.29, 0.717) is 16.7 Å². The molecule has 0 fully saturated rings. The van der Waals surface area contributed by atoms with Crippen LogP contribution in [0.1, 0.15) is 20.8 Å². The molecule has 14 heavy (non-hydrogen) atoms. The third-order valence-corrected chi connectivity index (χ3v) is 1.89. The molecule has 78 valence electrons. The van der Waals surface area contributed by atoms with Crippen LogP contribution >= 0.6 is 11.6 Å². The maximum atomic E-state index is 5.76. The number of hydrogen-bond acceptors (Lipinski definition) is 3. The van der Waals surface area contributed by atoms with Crippen LogP contribution in [0.3, 0.4) is 0 Å². The number of nitrogens with two attached hydrogens (primary N) is 1. The predicted octanol–water partition coefficient (Wildman–Crippen LogP) is 2.78. The van der Waals surface area contributed by atoms with Crippen LogP contribution in [0.4, 0.5) is 11.5 Å². The molecule has 3 nitrogen and oxygen atoms in total. The van der Waals surface area contributed by atoms with Crippen molar-refractivity contribution < 1.29 is 0 Å². The number of nitrogen functional groups attached to an aromatic ring is 1. The number of nitrogens with zero attached hydrogens (tertiary/aromatic N) is 1. The van der Waals surface area contributed by atoms with Gasteiger partial charge in [-0.2, -0.15) is 0 Å². The summed E-state index contributed by atoms with van der Waals surface area (Å²) >= 11 is 5.76. The van der Waals surface area contributed by atoms with E-state index in [1.165, 1.54) is 0 Å². The number of pyridine rings is 1. The van der Waals surface area contributed by atoms with Gasteiger partial charge in [0.15, 0.2) is 5.82 Å². The number of aromatic nitrogens is 1. The molecule has 0 saturated carbocycles. The molecule has 0 unspecified atom stereocenters. The van der Waals surface area contributed by atoms with Crippen LogP contribution in [-0.4, -0.2) is 11.5 Å². The van der Waals surface area contributed by atoms with Crippen LogP contribution < -0.4 is 11.1 Å². The standard InChI is InChI=1S/C10H16ClN3/c1-10(2,3)6-13-9-7(12)4-5-8(11)14-9/h4-5H,6,12H2,1-3H3,(H,13,14). The molecule has 4 heteroatoms. The smallest absolute Gasteiger partial charge is 0.150 e. The van der Waals surface area contributed by atoms with Crippen molar-refractivity contribution in [3.05, 3.63) is 17.3 Å². The van der Waals surface area contributed by atoms with Crippen LogP contribution in [0.5, 0.6) is 0 Å². The Labute approximate surface area is 89.7 Å². The Morgan fingerprint density at radius 3 is 2.64 bits per heavy atom. The van der Waals surface area contributed by atoms with Gasteiger partial charge >= 0.3 is 0 Å². The zero-order valence-electron chi connectivity index (χ0n) is 8.76. The molecule has 0 bridgehead atoms. The number of hydrogen-bond donors (Lipinski definition) is 2. The fourth-order valence-electron chi connectivity index (χ4n) is 0.937. The first kappa shape index (κ1) is 11.1. The van der Waals surface area contributed by atoms with Crippen molar-refractivity contribution >= 4 is 23.1 Å². The molecule has 1 aromatic heterocycles. The molecule has 0 aliphatic rings. The summed E-state index contributed by atoms with van der Waals surface area (Å²) in [5.41, 5.74) is 6.55.